The van der Waals surface area contributed by atoms with Crippen molar-refractivity contribution in [2.45, 2.75) is 116 Å². The number of hydrogen-bond donors (Lipinski definition) is 1. The molecule has 4 nitrogen and oxygen atoms in total. The Morgan fingerprint density at radius 3 is 2.09 bits per heavy atom. The van der Waals surface area contributed by atoms with Crippen molar-refractivity contribution in [1.29, 1.82) is 0 Å². The molecular weight excluding hydrogens is 398 g/mol. The van der Waals surface area contributed by atoms with Gasteiger partial charge in [0.2, 0.25) is 0 Å². The lowest BCUT2D eigenvalue weighted by Gasteiger charge is -2.41. The minimum Gasteiger partial charge on any atom is -0.389 e. The number of likely N-dealkylation sites (tertiary alicyclic amines) is 1. The Hall–Kier alpha value is -0.940. The van der Waals surface area contributed by atoms with E-state index in [0.717, 1.165) is 31.7 Å². The van der Waals surface area contributed by atoms with Crippen LogP contribution in [0.1, 0.15) is 96.5 Å². The number of piperidine rings is 1. The molecule has 2 rings (SSSR count). The molecule has 1 aliphatic rings. The Bertz CT molecular complexity index is 553. The van der Waals surface area contributed by atoms with Gasteiger partial charge in [-0.1, -0.05) is 108 Å². The Morgan fingerprint density at radius 2 is 1.41 bits per heavy atom. The van der Waals surface area contributed by atoms with Crippen molar-refractivity contribution in [3.8, 4) is 0 Å². The maximum Gasteiger partial charge on any atom is 0.112 e. The minimum atomic E-state index is -0.498. The molecule has 0 bridgehead atoms. The highest BCUT2D eigenvalue weighted by molar-refractivity contribution is 5.13. The van der Waals surface area contributed by atoms with E-state index in [1.807, 2.05) is 18.2 Å². The van der Waals surface area contributed by atoms with E-state index in [2.05, 4.69) is 30.9 Å². The first-order valence-electron chi connectivity index (χ1n) is 13.4. The molecular formula is C28H49NO3. The van der Waals surface area contributed by atoms with E-state index in [-0.39, 0.29) is 12.2 Å². The average Bonchev–Trinajstić information content (AvgIpc) is 2.81. The van der Waals surface area contributed by atoms with Gasteiger partial charge >= 0.3 is 0 Å². The normalized spacial score (nSPS) is 21.8. The summed E-state index contributed by atoms with van der Waals surface area (Å²) < 4.78 is 12.5. The van der Waals surface area contributed by atoms with E-state index >= 15 is 0 Å². The van der Waals surface area contributed by atoms with Crippen LogP contribution in [0.4, 0.5) is 0 Å². The van der Waals surface area contributed by atoms with E-state index in [1.165, 1.54) is 70.6 Å². The van der Waals surface area contributed by atoms with Crippen LogP contribution in [-0.2, 0) is 16.1 Å². The zero-order valence-electron chi connectivity index (χ0n) is 20.9. The van der Waals surface area contributed by atoms with Gasteiger partial charge in [-0.15, -0.1) is 0 Å². The summed E-state index contributed by atoms with van der Waals surface area (Å²) in [6, 6.07) is 10.2. The topological polar surface area (TPSA) is 41.9 Å². The second-order valence-corrected chi connectivity index (χ2v) is 9.53. The Labute approximate surface area is 197 Å². The minimum absolute atomic E-state index is 0.0572. The van der Waals surface area contributed by atoms with Gasteiger partial charge in [-0.2, -0.15) is 0 Å². The molecule has 1 aromatic carbocycles. The van der Waals surface area contributed by atoms with E-state index in [0.29, 0.717) is 13.2 Å². The number of β-amino-alcohol motifs (C(OH)–C–C–N with tert-alkyl or cyclic N) is 1. The van der Waals surface area contributed by atoms with E-state index in [9.17, 15) is 5.11 Å². The number of aliphatic hydroxyl groups is 1. The molecule has 0 unspecified atom stereocenters. The van der Waals surface area contributed by atoms with E-state index in [1.54, 1.807) is 0 Å². The fourth-order valence-electron chi connectivity index (χ4n) is 4.60. The standard InChI is InChI=1S/C28H49NO3/c1-3-5-7-9-11-16-20-29-22-26(30)28(32-24-25-18-14-13-15-19-25)27(23-29)31-21-17-12-10-8-6-4-2/h13-15,18-19,26-28,30H,3-12,16-17,20-24H2,1-2H3/t26-,27+,28+/m1/s1. The first-order chi connectivity index (χ1) is 15.7. The molecule has 4 heteroatoms. The van der Waals surface area contributed by atoms with Gasteiger partial charge in [-0.05, 0) is 24.9 Å². The van der Waals surface area contributed by atoms with Gasteiger partial charge in [-0.25, -0.2) is 0 Å². The van der Waals surface area contributed by atoms with Gasteiger partial charge < -0.3 is 14.6 Å². The third-order valence-corrected chi connectivity index (χ3v) is 6.57. The molecule has 1 saturated heterocycles. The van der Waals surface area contributed by atoms with Gasteiger partial charge in [0.05, 0.1) is 18.8 Å². The summed E-state index contributed by atoms with van der Waals surface area (Å²) in [6.45, 7) is 8.40. The molecule has 184 valence electrons. The number of rotatable bonds is 18. The molecule has 1 fully saturated rings. The van der Waals surface area contributed by atoms with Crippen molar-refractivity contribution in [1.82, 2.24) is 4.90 Å². The summed E-state index contributed by atoms with van der Waals surface area (Å²) in [6.07, 6.45) is 14.5. The zero-order chi connectivity index (χ0) is 22.9. The summed E-state index contributed by atoms with van der Waals surface area (Å²) in [4.78, 5) is 2.39. The lowest BCUT2D eigenvalue weighted by molar-refractivity contribution is -0.163. The van der Waals surface area contributed by atoms with Crippen LogP contribution in [0, 0.1) is 0 Å². The molecule has 0 saturated carbocycles. The van der Waals surface area contributed by atoms with Crippen LogP contribution in [0.5, 0.6) is 0 Å². The first kappa shape index (κ1) is 27.3. The van der Waals surface area contributed by atoms with Crippen LogP contribution in [-0.4, -0.2) is 54.6 Å². The maximum atomic E-state index is 10.9. The lowest BCUT2D eigenvalue weighted by Crippen LogP contribution is -2.57. The largest absolute Gasteiger partial charge is 0.389 e. The van der Waals surface area contributed by atoms with Crippen LogP contribution >= 0.6 is 0 Å². The molecule has 0 amide bonds. The third kappa shape index (κ3) is 11.3. The number of unbranched alkanes of at least 4 members (excludes halogenated alkanes) is 10. The van der Waals surface area contributed by atoms with Crippen molar-refractivity contribution in [2.24, 2.45) is 0 Å². The van der Waals surface area contributed by atoms with Crippen molar-refractivity contribution < 1.29 is 14.6 Å². The summed E-state index contributed by atoms with van der Waals surface area (Å²) in [7, 11) is 0. The number of aliphatic hydroxyl groups excluding tert-OH is 1. The number of benzene rings is 1. The molecule has 3 atom stereocenters. The van der Waals surface area contributed by atoms with Crippen molar-refractivity contribution in [2.75, 3.05) is 26.2 Å². The van der Waals surface area contributed by atoms with Gasteiger partial charge in [0.1, 0.15) is 6.10 Å². The molecule has 1 aliphatic heterocycles. The fraction of sp³-hybridized carbons (Fsp3) is 0.786. The Kier molecular flexibility index (Phi) is 15.0. The van der Waals surface area contributed by atoms with Crippen molar-refractivity contribution in [3.63, 3.8) is 0 Å². The van der Waals surface area contributed by atoms with Gasteiger partial charge in [-0.3, -0.25) is 4.90 Å². The van der Waals surface area contributed by atoms with Crippen LogP contribution < -0.4 is 0 Å². The molecule has 0 aromatic heterocycles. The highest BCUT2D eigenvalue weighted by Crippen LogP contribution is 2.21. The highest BCUT2D eigenvalue weighted by atomic mass is 16.5. The lowest BCUT2D eigenvalue weighted by atomic mass is 10.0. The number of ether oxygens (including phenoxy) is 2. The summed E-state index contributed by atoms with van der Waals surface area (Å²) in [5.41, 5.74) is 1.14. The smallest absolute Gasteiger partial charge is 0.112 e. The second kappa shape index (κ2) is 17.5. The van der Waals surface area contributed by atoms with E-state index in [4.69, 9.17) is 9.47 Å². The third-order valence-electron chi connectivity index (χ3n) is 6.57. The summed E-state index contributed by atoms with van der Waals surface area (Å²) >= 11 is 0. The Morgan fingerprint density at radius 1 is 0.781 bits per heavy atom. The zero-order valence-corrected chi connectivity index (χ0v) is 20.9. The second-order valence-electron chi connectivity index (χ2n) is 9.53. The Balaban J connectivity index is 1.80. The van der Waals surface area contributed by atoms with E-state index < -0.39 is 6.10 Å². The predicted octanol–water partition coefficient (Wildman–Crippen LogP) is 6.35. The quantitative estimate of drug-likeness (QED) is 0.266. The maximum absolute atomic E-state index is 10.9. The van der Waals surface area contributed by atoms with Crippen molar-refractivity contribution >= 4 is 0 Å². The van der Waals surface area contributed by atoms with Gasteiger partial charge in [0, 0.05) is 19.7 Å². The summed E-state index contributed by atoms with van der Waals surface area (Å²) in [5.74, 6) is 0. The number of nitrogens with zero attached hydrogens (tertiary/aromatic N) is 1. The molecule has 32 heavy (non-hydrogen) atoms. The van der Waals surface area contributed by atoms with Crippen LogP contribution in [0.25, 0.3) is 0 Å². The van der Waals surface area contributed by atoms with Crippen LogP contribution in [0.2, 0.25) is 0 Å². The molecule has 1 N–H and O–H groups in total. The molecule has 0 radical (unpaired) electrons. The molecule has 1 aromatic rings. The fourth-order valence-corrected chi connectivity index (χ4v) is 4.60. The first-order valence-corrected chi connectivity index (χ1v) is 13.4. The van der Waals surface area contributed by atoms with Gasteiger partial charge in [0.15, 0.2) is 0 Å². The van der Waals surface area contributed by atoms with Crippen LogP contribution in [0.15, 0.2) is 30.3 Å². The predicted molar refractivity (Wildman–Crippen MR) is 134 cm³/mol. The molecule has 1 heterocycles. The van der Waals surface area contributed by atoms with Crippen LogP contribution in [0.3, 0.4) is 0 Å². The monoisotopic (exact) mass is 447 g/mol. The highest BCUT2D eigenvalue weighted by Gasteiger charge is 2.37. The van der Waals surface area contributed by atoms with Gasteiger partial charge in [0.25, 0.3) is 0 Å². The molecule has 0 spiro atoms. The SMILES string of the molecule is CCCCCCCCO[C@H]1CN(CCCCCCCC)C[C@@H](O)[C@@H]1OCc1ccccc1. The average molecular weight is 448 g/mol. The molecule has 0 aliphatic carbocycles. The van der Waals surface area contributed by atoms with Crippen molar-refractivity contribution in [3.05, 3.63) is 35.9 Å². The number of hydrogen-bond acceptors (Lipinski definition) is 4. The summed E-state index contributed by atoms with van der Waals surface area (Å²) in [5, 5.41) is 10.9.